The third-order valence-corrected chi connectivity index (χ3v) is 4.39. The quantitative estimate of drug-likeness (QED) is 0.718. The molecule has 0 saturated heterocycles. The van der Waals surface area contributed by atoms with Crippen molar-refractivity contribution in [1.82, 2.24) is 0 Å². The number of carbonyl (C=O) groups is 1. The Kier molecular flexibility index (Phi) is 2.56. The van der Waals surface area contributed by atoms with Crippen molar-refractivity contribution in [3.05, 3.63) is 44.3 Å². The smallest absolute Gasteiger partial charge is 0.341 e. The zero-order valence-electron chi connectivity index (χ0n) is 9.33. The first-order valence-corrected chi connectivity index (χ1v) is 6.87. The average Bonchev–Trinajstić information content (AvgIpc) is 2.27. The fourth-order valence-electron chi connectivity index (χ4n) is 2.26. The first kappa shape index (κ1) is 12.1. The van der Waals surface area contributed by atoms with Crippen LogP contribution in [-0.4, -0.2) is 11.1 Å². The van der Waals surface area contributed by atoms with E-state index in [1.165, 1.54) is 6.92 Å². The second-order valence-corrected chi connectivity index (χ2v) is 6.02. The molecule has 1 unspecified atom stereocenters. The van der Waals surface area contributed by atoms with E-state index >= 15 is 0 Å². The molecule has 1 atom stereocenters. The maximum absolute atomic E-state index is 11.9. The number of aliphatic hydroxyl groups is 1. The van der Waals surface area contributed by atoms with Crippen molar-refractivity contribution in [2.24, 2.45) is 0 Å². The standard InChI is InChI=1S/C13H8Br2O3/c1-13(17)7-3-5-9(15)11-8(14)4-2-6(10(7)11)12(16)18-13/h2-5,17H,1H3. The molecule has 1 aliphatic heterocycles. The fourth-order valence-corrected chi connectivity index (χ4v) is 3.61. The van der Waals surface area contributed by atoms with Crippen LogP contribution >= 0.6 is 31.9 Å². The van der Waals surface area contributed by atoms with Gasteiger partial charge in [-0.1, -0.05) is 37.9 Å². The van der Waals surface area contributed by atoms with Crippen LogP contribution in [0.3, 0.4) is 0 Å². The number of ether oxygens (including phenoxy) is 1. The van der Waals surface area contributed by atoms with Gasteiger partial charge in [-0.05, 0) is 18.2 Å². The molecule has 0 bridgehead atoms. The third kappa shape index (κ3) is 1.54. The van der Waals surface area contributed by atoms with E-state index in [9.17, 15) is 9.90 Å². The minimum Gasteiger partial charge on any atom is -0.425 e. The van der Waals surface area contributed by atoms with E-state index < -0.39 is 11.8 Å². The molecule has 0 radical (unpaired) electrons. The van der Waals surface area contributed by atoms with E-state index in [4.69, 9.17) is 4.74 Å². The zero-order chi connectivity index (χ0) is 13.1. The number of hydrogen-bond donors (Lipinski definition) is 1. The van der Waals surface area contributed by atoms with E-state index in [0.717, 1.165) is 19.7 Å². The maximum atomic E-state index is 11.9. The highest BCUT2D eigenvalue weighted by atomic mass is 79.9. The number of esters is 1. The van der Waals surface area contributed by atoms with Crippen LogP contribution in [0.4, 0.5) is 0 Å². The summed E-state index contributed by atoms with van der Waals surface area (Å²) in [6.45, 7) is 1.47. The summed E-state index contributed by atoms with van der Waals surface area (Å²) in [4.78, 5) is 11.9. The van der Waals surface area contributed by atoms with Crippen molar-refractivity contribution in [3.63, 3.8) is 0 Å². The Bertz CT molecular complexity index is 684. The molecule has 2 aromatic rings. The molecule has 0 fully saturated rings. The Labute approximate surface area is 120 Å². The number of halogens is 2. The summed E-state index contributed by atoms with van der Waals surface area (Å²) in [5.41, 5.74) is 1.06. The number of hydrogen-bond acceptors (Lipinski definition) is 3. The van der Waals surface area contributed by atoms with Gasteiger partial charge in [-0.2, -0.15) is 0 Å². The SMILES string of the molecule is CC1(O)OC(=O)c2ccc(Br)c3c(Br)ccc1c23. The molecular formula is C13H8Br2O3. The highest BCUT2D eigenvalue weighted by molar-refractivity contribution is 9.11. The van der Waals surface area contributed by atoms with Gasteiger partial charge in [-0.25, -0.2) is 4.79 Å². The average molecular weight is 372 g/mol. The van der Waals surface area contributed by atoms with Gasteiger partial charge in [-0.3, -0.25) is 0 Å². The van der Waals surface area contributed by atoms with Crippen LogP contribution < -0.4 is 0 Å². The van der Waals surface area contributed by atoms with Gasteiger partial charge in [0.15, 0.2) is 0 Å². The lowest BCUT2D eigenvalue weighted by molar-refractivity contribution is -0.159. The molecule has 0 aliphatic carbocycles. The minimum atomic E-state index is -1.59. The molecule has 92 valence electrons. The van der Waals surface area contributed by atoms with Crippen LogP contribution in [-0.2, 0) is 10.5 Å². The highest BCUT2D eigenvalue weighted by Gasteiger charge is 2.37. The molecule has 0 aromatic heterocycles. The van der Waals surface area contributed by atoms with Crippen LogP contribution in [0.2, 0.25) is 0 Å². The predicted octanol–water partition coefficient (Wildman–Crippen LogP) is 3.70. The van der Waals surface area contributed by atoms with Gasteiger partial charge >= 0.3 is 5.97 Å². The van der Waals surface area contributed by atoms with Crippen LogP contribution in [0.15, 0.2) is 33.2 Å². The van der Waals surface area contributed by atoms with Gasteiger partial charge in [-0.15, -0.1) is 0 Å². The van der Waals surface area contributed by atoms with Gasteiger partial charge in [0, 0.05) is 32.2 Å². The molecule has 0 saturated carbocycles. The minimum absolute atomic E-state index is 0.469. The molecule has 18 heavy (non-hydrogen) atoms. The van der Waals surface area contributed by atoms with Crippen LogP contribution in [0, 0.1) is 0 Å². The van der Waals surface area contributed by atoms with E-state index in [1.54, 1.807) is 18.2 Å². The number of cyclic esters (lactones) is 1. The second-order valence-electron chi connectivity index (χ2n) is 4.31. The number of benzene rings is 2. The summed E-state index contributed by atoms with van der Waals surface area (Å²) in [6, 6.07) is 7.09. The summed E-state index contributed by atoms with van der Waals surface area (Å²) in [7, 11) is 0. The summed E-state index contributed by atoms with van der Waals surface area (Å²) in [5.74, 6) is -2.10. The van der Waals surface area contributed by atoms with Gasteiger partial charge in [0.25, 0.3) is 0 Å². The highest BCUT2D eigenvalue weighted by Crippen LogP contribution is 2.42. The molecule has 0 amide bonds. The Morgan fingerprint density at radius 3 is 2.39 bits per heavy atom. The number of rotatable bonds is 0. The van der Waals surface area contributed by atoms with Crippen molar-refractivity contribution < 1.29 is 14.6 Å². The lowest BCUT2D eigenvalue weighted by Gasteiger charge is -2.30. The van der Waals surface area contributed by atoms with E-state index in [2.05, 4.69) is 31.9 Å². The molecule has 0 spiro atoms. The third-order valence-electron chi connectivity index (χ3n) is 3.07. The molecule has 3 rings (SSSR count). The Hall–Kier alpha value is -0.910. The summed E-state index contributed by atoms with van der Waals surface area (Å²) < 4.78 is 6.78. The van der Waals surface area contributed by atoms with Crippen molar-refractivity contribution >= 4 is 48.6 Å². The number of carbonyl (C=O) groups excluding carboxylic acids is 1. The van der Waals surface area contributed by atoms with Gasteiger partial charge < -0.3 is 9.84 Å². The molecule has 1 heterocycles. The van der Waals surface area contributed by atoms with Crippen molar-refractivity contribution in [1.29, 1.82) is 0 Å². The summed E-state index contributed by atoms with van der Waals surface area (Å²) in [5, 5.41) is 11.8. The fraction of sp³-hybridized carbons (Fsp3) is 0.154. The lowest BCUT2D eigenvalue weighted by atomic mass is 9.92. The second kappa shape index (κ2) is 3.79. The largest absolute Gasteiger partial charge is 0.425 e. The lowest BCUT2D eigenvalue weighted by Crippen LogP contribution is -2.33. The van der Waals surface area contributed by atoms with E-state index in [-0.39, 0.29) is 0 Å². The molecule has 2 aromatic carbocycles. The summed E-state index contributed by atoms with van der Waals surface area (Å²) >= 11 is 6.93. The Balaban J connectivity index is 2.58. The summed E-state index contributed by atoms with van der Waals surface area (Å²) in [6.07, 6.45) is 0. The molecule has 1 aliphatic rings. The van der Waals surface area contributed by atoms with Crippen molar-refractivity contribution in [2.45, 2.75) is 12.7 Å². The van der Waals surface area contributed by atoms with Crippen LogP contribution in [0.25, 0.3) is 10.8 Å². The van der Waals surface area contributed by atoms with Crippen molar-refractivity contribution in [3.8, 4) is 0 Å². The maximum Gasteiger partial charge on any atom is 0.341 e. The molecule has 5 heteroatoms. The Morgan fingerprint density at radius 1 is 1.11 bits per heavy atom. The molecule has 1 N–H and O–H groups in total. The van der Waals surface area contributed by atoms with E-state index in [1.807, 2.05) is 6.07 Å². The normalized spacial score (nSPS) is 22.1. The first-order chi connectivity index (χ1) is 8.42. The van der Waals surface area contributed by atoms with Crippen LogP contribution in [0.1, 0.15) is 22.8 Å². The van der Waals surface area contributed by atoms with E-state index in [0.29, 0.717) is 11.1 Å². The van der Waals surface area contributed by atoms with Crippen LogP contribution in [0.5, 0.6) is 0 Å². The monoisotopic (exact) mass is 370 g/mol. The zero-order valence-corrected chi connectivity index (χ0v) is 12.5. The predicted molar refractivity (Wildman–Crippen MR) is 74.3 cm³/mol. The van der Waals surface area contributed by atoms with Crippen molar-refractivity contribution in [2.75, 3.05) is 0 Å². The van der Waals surface area contributed by atoms with Gasteiger partial charge in [0.1, 0.15) is 0 Å². The van der Waals surface area contributed by atoms with Gasteiger partial charge in [0.05, 0.1) is 5.56 Å². The Morgan fingerprint density at radius 2 is 1.72 bits per heavy atom. The molecule has 3 nitrogen and oxygen atoms in total. The topological polar surface area (TPSA) is 46.5 Å². The van der Waals surface area contributed by atoms with Gasteiger partial charge in [0.2, 0.25) is 5.79 Å². The first-order valence-electron chi connectivity index (χ1n) is 5.29. The molecular weight excluding hydrogens is 364 g/mol.